The SMILES string of the molecule is COc1ccc(C2=C(SC(C)C)C(=O)N(c3cc(C)ccc3C)C2=O)cc1. The molecular formula is C22H23NO3S. The smallest absolute Gasteiger partial charge is 0.272 e. The molecule has 1 heterocycles. The van der Waals surface area contributed by atoms with E-state index in [1.165, 1.54) is 16.7 Å². The molecule has 0 N–H and O–H groups in total. The van der Waals surface area contributed by atoms with E-state index in [4.69, 9.17) is 4.74 Å². The Morgan fingerprint density at radius 3 is 2.22 bits per heavy atom. The molecule has 0 unspecified atom stereocenters. The van der Waals surface area contributed by atoms with Crippen LogP contribution in [0.4, 0.5) is 5.69 Å². The summed E-state index contributed by atoms with van der Waals surface area (Å²) in [5.41, 5.74) is 3.74. The second-order valence-electron chi connectivity index (χ2n) is 6.83. The van der Waals surface area contributed by atoms with Crippen LogP contribution >= 0.6 is 11.8 Å². The summed E-state index contributed by atoms with van der Waals surface area (Å²) in [7, 11) is 1.60. The first-order valence-corrected chi connectivity index (χ1v) is 9.73. The van der Waals surface area contributed by atoms with Crippen molar-refractivity contribution >= 4 is 34.8 Å². The fourth-order valence-corrected chi connectivity index (χ4v) is 4.03. The van der Waals surface area contributed by atoms with Gasteiger partial charge < -0.3 is 4.74 Å². The lowest BCUT2D eigenvalue weighted by Crippen LogP contribution is -2.32. The number of hydrogen-bond acceptors (Lipinski definition) is 4. The van der Waals surface area contributed by atoms with Crippen molar-refractivity contribution in [2.24, 2.45) is 0 Å². The van der Waals surface area contributed by atoms with Gasteiger partial charge in [0.05, 0.1) is 23.3 Å². The number of anilines is 1. The lowest BCUT2D eigenvalue weighted by Gasteiger charge is -2.18. The zero-order chi connectivity index (χ0) is 19.7. The molecule has 5 heteroatoms. The summed E-state index contributed by atoms with van der Waals surface area (Å²) >= 11 is 1.43. The Morgan fingerprint density at radius 1 is 0.963 bits per heavy atom. The number of benzene rings is 2. The number of methoxy groups -OCH3 is 1. The lowest BCUT2D eigenvalue weighted by molar-refractivity contribution is -0.119. The number of imide groups is 1. The monoisotopic (exact) mass is 381 g/mol. The summed E-state index contributed by atoms with van der Waals surface area (Å²) in [6, 6.07) is 13.1. The number of hydrogen-bond donors (Lipinski definition) is 0. The molecule has 0 spiro atoms. The minimum atomic E-state index is -0.276. The molecule has 0 saturated carbocycles. The molecule has 0 saturated heterocycles. The van der Waals surface area contributed by atoms with Crippen LogP contribution in [0.15, 0.2) is 47.4 Å². The molecule has 0 aromatic heterocycles. The third-order valence-electron chi connectivity index (χ3n) is 4.38. The third-order valence-corrected chi connectivity index (χ3v) is 5.46. The van der Waals surface area contributed by atoms with E-state index < -0.39 is 0 Å². The molecule has 0 fully saturated rings. The molecule has 0 aliphatic carbocycles. The second kappa shape index (κ2) is 7.61. The van der Waals surface area contributed by atoms with Crippen molar-refractivity contribution in [3.63, 3.8) is 0 Å². The second-order valence-corrected chi connectivity index (χ2v) is 8.42. The highest BCUT2D eigenvalue weighted by atomic mass is 32.2. The van der Waals surface area contributed by atoms with Crippen molar-refractivity contribution in [2.45, 2.75) is 32.9 Å². The molecule has 4 nitrogen and oxygen atoms in total. The van der Waals surface area contributed by atoms with E-state index in [1.54, 1.807) is 19.2 Å². The highest BCUT2D eigenvalue weighted by molar-refractivity contribution is 8.04. The molecule has 2 aromatic rings. The Kier molecular flexibility index (Phi) is 5.42. The van der Waals surface area contributed by atoms with E-state index in [0.29, 0.717) is 21.9 Å². The summed E-state index contributed by atoms with van der Waals surface area (Å²) in [4.78, 5) is 28.4. The number of amides is 2. The van der Waals surface area contributed by atoms with Crippen molar-refractivity contribution in [3.05, 3.63) is 64.1 Å². The number of carbonyl (C=O) groups excluding carboxylic acids is 2. The molecular weight excluding hydrogens is 358 g/mol. The highest BCUT2D eigenvalue weighted by Crippen LogP contribution is 2.41. The molecule has 0 atom stereocenters. The predicted octanol–water partition coefficient (Wildman–Crippen LogP) is 4.74. The molecule has 27 heavy (non-hydrogen) atoms. The summed E-state index contributed by atoms with van der Waals surface area (Å²) in [6.07, 6.45) is 0. The maximum Gasteiger partial charge on any atom is 0.272 e. The number of ether oxygens (including phenoxy) is 1. The molecule has 1 aliphatic rings. The Balaban J connectivity index is 2.12. The number of carbonyl (C=O) groups is 2. The van der Waals surface area contributed by atoms with Crippen molar-refractivity contribution in [2.75, 3.05) is 12.0 Å². The summed E-state index contributed by atoms with van der Waals surface area (Å²) < 4.78 is 5.21. The zero-order valence-corrected chi connectivity index (χ0v) is 17.0. The van der Waals surface area contributed by atoms with Crippen molar-refractivity contribution in [3.8, 4) is 5.75 Å². The molecule has 0 radical (unpaired) electrons. The standard InChI is InChI=1S/C22H23NO3S/c1-13(2)27-20-19(16-8-10-17(26-5)11-9-16)21(24)23(22(20)25)18-12-14(3)6-7-15(18)4/h6-13H,1-5H3. The Labute approximate surface area is 164 Å². The first kappa shape index (κ1) is 19.2. The Bertz CT molecular complexity index is 929. The maximum absolute atomic E-state index is 13.3. The molecule has 140 valence electrons. The zero-order valence-electron chi connectivity index (χ0n) is 16.2. The first-order valence-electron chi connectivity index (χ1n) is 8.85. The van der Waals surface area contributed by atoms with Crippen LogP contribution in [0.2, 0.25) is 0 Å². The van der Waals surface area contributed by atoms with Crippen LogP contribution in [-0.4, -0.2) is 24.2 Å². The predicted molar refractivity (Wildman–Crippen MR) is 111 cm³/mol. The van der Waals surface area contributed by atoms with Crippen molar-refractivity contribution in [1.29, 1.82) is 0 Å². The number of aryl methyl sites for hydroxylation is 2. The van der Waals surface area contributed by atoms with Gasteiger partial charge in [-0.05, 0) is 48.7 Å². The van der Waals surface area contributed by atoms with E-state index in [1.807, 2.05) is 58.0 Å². The minimum absolute atomic E-state index is 0.184. The molecule has 2 amide bonds. The van der Waals surface area contributed by atoms with Gasteiger partial charge in [0.15, 0.2) is 0 Å². The quantitative estimate of drug-likeness (QED) is 0.702. The van der Waals surface area contributed by atoms with Crippen molar-refractivity contribution < 1.29 is 14.3 Å². The maximum atomic E-state index is 13.3. The molecule has 3 rings (SSSR count). The number of rotatable bonds is 5. The highest BCUT2D eigenvalue weighted by Gasteiger charge is 2.41. The van der Waals surface area contributed by atoms with Crippen LogP contribution in [-0.2, 0) is 9.59 Å². The fraction of sp³-hybridized carbons (Fsp3) is 0.273. The van der Waals surface area contributed by atoms with Gasteiger partial charge in [0, 0.05) is 5.25 Å². The average Bonchev–Trinajstić information content (AvgIpc) is 2.87. The molecule has 1 aliphatic heterocycles. The van der Waals surface area contributed by atoms with Gasteiger partial charge in [-0.3, -0.25) is 9.59 Å². The van der Waals surface area contributed by atoms with E-state index in [-0.39, 0.29) is 17.1 Å². The summed E-state index contributed by atoms with van der Waals surface area (Å²) in [6.45, 7) is 7.90. The van der Waals surface area contributed by atoms with Crippen LogP contribution in [0.5, 0.6) is 5.75 Å². The molecule has 0 bridgehead atoms. The van der Waals surface area contributed by atoms with Gasteiger partial charge in [0.1, 0.15) is 5.75 Å². The number of thioether (sulfide) groups is 1. The van der Waals surface area contributed by atoms with Crippen LogP contribution in [0.25, 0.3) is 5.57 Å². The van der Waals surface area contributed by atoms with E-state index >= 15 is 0 Å². The fourth-order valence-electron chi connectivity index (χ4n) is 3.05. The van der Waals surface area contributed by atoms with E-state index in [0.717, 1.165) is 16.7 Å². The van der Waals surface area contributed by atoms with Gasteiger partial charge >= 0.3 is 0 Å². The Morgan fingerprint density at radius 2 is 1.63 bits per heavy atom. The summed E-state index contributed by atoms with van der Waals surface area (Å²) in [5, 5.41) is 0.184. The van der Waals surface area contributed by atoms with E-state index in [2.05, 4.69) is 0 Å². The van der Waals surface area contributed by atoms with Crippen LogP contribution < -0.4 is 9.64 Å². The van der Waals surface area contributed by atoms with Gasteiger partial charge in [0.2, 0.25) is 0 Å². The largest absolute Gasteiger partial charge is 0.497 e. The number of nitrogens with zero attached hydrogens (tertiary/aromatic N) is 1. The van der Waals surface area contributed by atoms with Crippen LogP contribution in [0.3, 0.4) is 0 Å². The third kappa shape index (κ3) is 3.65. The average molecular weight is 381 g/mol. The normalized spacial score (nSPS) is 14.5. The van der Waals surface area contributed by atoms with Gasteiger partial charge in [-0.25, -0.2) is 4.90 Å². The van der Waals surface area contributed by atoms with Gasteiger partial charge in [-0.1, -0.05) is 38.1 Å². The van der Waals surface area contributed by atoms with Gasteiger partial charge in [0.25, 0.3) is 11.8 Å². The van der Waals surface area contributed by atoms with Crippen molar-refractivity contribution in [1.82, 2.24) is 0 Å². The van der Waals surface area contributed by atoms with Gasteiger partial charge in [-0.2, -0.15) is 0 Å². The topological polar surface area (TPSA) is 46.6 Å². The molecule has 2 aromatic carbocycles. The van der Waals surface area contributed by atoms with Crippen LogP contribution in [0, 0.1) is 13.8 Å². The lowest BCUT2D eigenvalue weighted by atomic mass is 10.1. The minimum Gasteiger partial charge on any atom is -0.497 e. The first-order chi connectivity index (χ1) is 12.8. The van der Waals surface area contributed by atoms with Crippen LogP contribution in [0.1, 0.15) is 30.5 Å². The van der Waals surface area contributed by atoms with Gasteiger partial charge in [-0.15, -0.1) is 11.8 Å². The Hall–Kier alpha value is -2.53. The summed E-state index contributed by atoms with van der Waals surface area (Å²) in [5.74, 6) is 0.181. The van der Waals surface area contributed by atoms with E-state index in [9.17, 15) is 9.59 Å².